The molecule has 0 aliphatic heterocycles. The molecule has 18 heavy (non-hydrogen) atoms. The third kappa shape index (κ3) is 4.73. The normalized spacial score (nSPS) is 12.1. The molecular weight excluding hydrogens is 233 g/mol. The van der Waals surface area contributed by atoms with E-state index in [1.54, 1.807) is 45.0 Å². The molecule has 4 heteroatoms. The molecule has 0 aliphatic rings. The van der Waals surface area contributed by atoms with Crippen LogP contribution in [-0.4, -0.2) is 11.7 Å². The zero-order valence-corrected chi connectivity index (χ0v) is 11.5. The molecule has 0 radical (unpaired) electrons. The Kier molecular flexibility index (Phi) is 3.99. The topological polar surface area (TPSA) is 38.3 Å². The summed E-state index contributed by atoms with van der Waals surface area (Å²) in [5.74, 6) is 0. The molecule has 100 valence electrons. The van der Waals surface area contributed by atoms with Gasteiger partial charge in [0.25, 0.3) is 0 Å². The minimum Gasteiger partial charge on any atom is -0.444 e. The fourth-order valence-corrected chi connectivity index (χ4v) is 1.37. The number of amides is 1. The fraction of sp³-hybridized carbons (Fsp3) is 0.500. The molecule has 0 atom stereocenters. The number of halogens is 1. The van der Waals surface area contributed by atoms with Crippen LogP contribution in [-0.2, 0) is 10.4 Å². The van der Waals surface area contributed by atoms with E-state index in [4.69, 9.17) is 4.74 Å². The first-order valence-corrected chi connectivity index (χ1v) is 5.87. The van der Waals surface area contributed by atoms with Gasteiger partial charge in [-0.2, -0.15) is 0 Å². The average molecular weight is 253 g/mol. The van der Waals surface area contributed by atoms with Crippen molar-refractivity contribution in [3.8, 4) is 0 Å². The standard InChI is InChI=1S/C14H20FNO2/c1-13(2,3)18-12(17)16-11-8-6-10(7-9-11)14(4,5)15/h6-9H,1-5H3,(H,16,17). The van der Waals surface area contributed by atoms with Crippen LogP contribution >= 0.6 is 0 Å². The molecule has 0 aromatic heterocycles. The van der Waals surface area contributed by atoms with Crippen molar-refractivity contribution in [3.05, 3.63) is 29.8 Å². The summed E-state index contributed by atoms with van der Waals surface area (Å²) in [6, 6.07) is 6.60. The number of carbonyl (C=O) groups is 1. The Morgan fingerprint density at radius 2 is 1.61 bits per heavy atom. The van der Waals surface area contributed by atoms with E-state index in [1.807, 2.05) is 0 Å². The molecule has 3 nitrogen and oxygen atoms in total. The van der Waals surface area contributed by atoms with Gasteiger partial charge in [-0.3, -0.25) is 5.32 Å². The molecule has 1 aromatic carbocycles. The van der Waals surface area contributed by atoms with Gasteiger partial charge in [0.2, 0.25) is 0 Å². The van der Waals surface area contributed by atoms with Gasteiger partial charge in [-0.15, -0.1) is 0 Å². The van der Waals surface area contributed by atoms with Gasteiger partial charge in [0, 0.05) is 5.69 Å². The molecule has 0 heterocycles. The highest BCUT2D eigenvalue weighted by molar-refractivity contribution is 5.84. The van der Waals surface area contributed by atoms with Crippen molar-refractivity contribution in [2.24, 2.45) is 0 Å². The Balaban J connectivity index is 2.67. The molecule has 1 rings (SSSR count). The molecule has 0 bridgehead atoms. The van der Waals surface area contributed by atoms with Crippen molar-refractivity contribution in [3.63, 3.8) is 0 Å². The van der Waals surface area contributed by atoms with Crippen molar-refractivity contribution in [2.45, 2.75) is 45.9 Å². The van der Waals surface area contributed by atoms with Crippen molar-refractivity contribution >= 4 is 11.8 Å². The second-order valence-electron chi connectivity index (χ2n) is 5.68. The fourth-order valence-electron chi connectivity index (χ4n) is 1.37. The SMILES string of the molecule is CC(C)(C)OC(=O)Nc1ccc(C(C)(C)F)cc1. The lowest BCUT2D eigenvalue weighted by Crippen LogP contribution is -2.27. The number of carbonyl (C=O) groups excluding carboxylic acids is 1. The summed E-state index contributed by atoms with van der Waals surface area (Å²) in [6.07, 6.45) is -0.519. The van der Waals surface area contributed by atoms with E-state index in [2.05, 4.69) is 5.32 Å². The van der Waals surface area contributed by atoms with Gasteiger partial charge in [-0.25, -0.2) is 9.18 Å². The molecule has 0 fully saturated rings. The van der Waals surface area contributed by atoms with Crippen LogP contribution in [0.15, 0.2) is 24.3 Å². The molecule has 0 spiro atoms. The zero-order chi connectivity index (χ0) is 14.0. The summed E-state index contributed by atoms with van der Waals surface area (Å²) in [5, 5.41) is 2.59. The van der Waals surface area contributed by atoms with Crippen molar-refractivity contribution < 1.29 is 13.9 Å². The third-order valence-electron chi connectivity index (χ3n) is 2.22. The first kappa shape index (κ1) is 14.5. The predicted octanol–water partition coefficient (Wildman–Crippen LogP) is 4.24. The number of rotatable bonds is 2. The second-order valence-corrected chi connectivity index (χ2v) is 5.68. The highest BCUT2D eigenvalue weighted by Gasteiger charge is 2.19. The lowest BCUT2D eigenvalue weighted by molar-refractivity contribution is 0.0636. The van der Waals surface area contributed by atoms with Gasteiger partial charge in [-0.1, -0.05) is 12.1 Å². The maximum absolute atomic E-state index is 13.6. The number of benzene rings is 1. The van der Waals surface area contributed by atoms with E-state index in [0.717, 1.165) is 0 Å². The molecular formula is C14H20FNO2. The molecule has 0 saturated carbocycles. The van der Waals surface area contributed by atoms with Crippen LogP contribution in [0.4, 0.5) is 14.9 Å². The first-order valence-electron chi connectivity index (χ1n) is 5.87. The highest BCUT2D eigenvalue weighted by atomic mass is 19.1. The summed E-state index contributed by atoms with van der Waals surface area (Å²) in [4.78, 5) is 11.5. The first-order chi connectivity index (χ1) is 8.08. The van der Waals surface area contributed by atoms with Gasteiger partial charge in [0.05, 0.1) is 0 Å². The van der Waals surface area contributed by atoms with Crippen LogP contribution in [0.2, 0.25) is 0 Å². The lowest BCUT2D eigenvalue weighted by Gasteiger charge is -2.20. The van der Waals surface area contributed by atoms with Gasteiger partial charge in [0.1, 0.15) is 11.3 Å². The molecule has 1 amide bonds. The zero-order valence-electron chi connectivity index (χ0n) is 11.5. The number of hydrogen-bond donors (Lipinski definition) is 1. The smallest absolute Gasteiger partial charge is 0.412 e. The van der Waals surface area contributed by atoms with Crippen molar-refractivity contribution in [1.29, 1.82) is 0 Å². The van der Waals surface area contributed by atoms with Crippen LogP contribution in [0.3, 0.4) is 0 Å². The third-order valence-corrected chi connectivity index (χ3v) is 2.22. The number of hydrogen-bond acceptors (Lipinski definition) is 2. The molecule has 0 unspecified atom stereocenters. The summed E-state index contributed by atoms with van der Waals surface area (Å²) >= 11 is 0. The number of alkyl halides is 1. The molecule has 1 N–H and O–H groups in total. The summed E-state index contributed by atoms with van der Waals surface area (Å²) < 4.78 is 18.7. The van der Waals surface area contributed by atoms with E-state index in [1.165, 1.54) is 13.8 Å². The van der Waals surface area contributed by atoms with E-state index in [0.29, 0.717) is 11.3 Å². The quantitative estimate of drug-likeness (QED) is 0.856. The van der Waals surface area contributed by atoms with Crippen molar-refractivity contribution in [2.75, 3.05) is 5.32 Å². The number of nitrogens with one attached hydrogen (secondary N) is 1. The molecule has 0 aliphatic carbocycles. The Morgan fingerprint density at radius 1 is 1.11 bits per heavy atom. The lowest BCUT2D eigenvalue weighted by atomic mass is 10.0. The monoisotopic (exact) mass is 253 g/mol. The minimum absolute atomic E-state index is 0.519. The van der Waals surface area contributed by atoms with Crippen LogP contribution in [0, 0.1) is 0 Å². The second kappa shape index (κ2) is 4.96. The van der Waals surface area contributed by atoms with Crippen molar-refractivity contribution in [1.82, 2.24) is 0 Å². The average Bonchev–Trinajstić information content (AvgIpc) is 2.13. The van der Waals surface area contributed by atoms with Gasteiger partial charge >= 0.3 is 6.09 Å². The van der Waals surface area contributed by atoms with E-state index in [9.17, 15) is 9.18 Å². The van der Waals surface area contributed by atoms with Crippen LogP contribution in [0.1, 0.15) is 40.2 Å². The summed E-state index contributed by atoms with van der Waals surface area (Å²) in [6.45, 7) is 8.36. The number of ether oxygens (including phenoxy) is 1. The summed E-state index contributed by atoms with van der Waals surface area (Å²) in [5.41, 5.74) is -0.774. The van der Waals surface area contributed by atoms with Gasteiger partial charge in [-0.05, 0) is 52.3 Å². The Bertz CT molecular complexity index is 413. The maximum atomic E-state index is 13.6. The van der Waals surface area contributed by atoms with Crippen LogP contribution < -0.4 is 5.32 Å². The Morgan fingerprint density at radius 3 is 2.00 bits per heavy atom. The van der Waals surface area contributed by atoms with Gasteiger partial charge < -0.3 is 4.74 Å². The van der Waals surface area contributed by atoms with Crippen LogP contribution in [0.5, 0.6) is 0 Å². The predicted molar refractivity (Wildman–Crippen MR) is 70.4 cm³/mol. The Labute approximate surface area is 107 Å². The Hall–Kier alpha value is -1.58. The van der Waals surface area contributed by atoms with E-state index in [-0.39, 0.29) is 0 Å². The molecule has 0 saturated heterocycles. The van der Waals surface area contributed by atoms with E-state index >= 15 is 0 Å². The summed E-state index contributed by atoms with van der Waals surface area (Å²) in [7, 11) is 0. The minimum atomic E-state index is -1.38. The highest BCUT2D eigenvalue weighted by Crippen LogP contribution is 2.25. The van der Waals surface area contributed by atoms with E-state index < -0.39 is 17.4 Å². The molecule has 1 aromatic rings. The van der Waals surface area contributed by atoms with Crippen LogP contribution in [0.25, 0.3) is 0 Å². The number of anilines is 1. The maximum Gasteiger partial charge on any atom is 0.412 e. The van der Waals surface area contributed by atoms with Gasteiger partial charge in [0.15, 0.2) is 0 Å². The largest absolute Gasteiger partial charge is 0.444 e.